The maximum absolute atomic E-state index is 12.7. The van der Waals surface area contributed by atoms with Crippen molar-refractivity contribution in [3.63, 3.8) is 0 Å². The molecule has 0 aliphatic carbocycles. The Labute approximate surface area is 190 Å². The standard InChI is InChI=1S/C23H19ClN2O5S/c1-15-14-32(29,30)26(23(15)28)17-9-12-20(21(24)13-17)22(27)25-16-7-10-19(11-8-16)31-18-5-3-2-4-6-18/h2-13,15H,14H2,1H3,(H,25,27). The van der Waals surface area contributed by atoms with Crippen LogP contribution in [0.25, 0.3) is 0 Å². The lowest BCUT2D eigenvalue weighted by molar-refractivity contribution is -0.119. The second kappa shape index (κ2) is 8.64. The summed E-state index contributed by atoms with van der Waals surface area (Å²) < 4.78 is 31.0. The molecule has 0 aromatic heterocycles. The van der Waals surface area contributed by atoms with Crippen LogP contribution in [-0.4, -0.2) is 26.0 Å². The molecular formula is C23H19ClN2O5S. The quantitative estimate of drug-likeness (QED) is 0.583. The first-order valence-electron chi connectivity index (χ1n) is 9.75. The van der Waals surface area contributed by atoms with Crippen LogP contribution in [0.2, 0.25) is 5.02 Å². The van der Waals surface area contributed by atoms with E-state index in [1.165, 1.54) is 18.2 Å². The Bertz CT molecular complexity index is 1280. The van der Waals surface area contributed by atoms with Crippen LogP contribution in [0.3, 0.4) is 0 Å². The highest BCUT2D eigenvalue weighted by Gasteiger charge is 2.42. The highest BCUT2D eigenvalue weighted by molar-refractivity contribution is 7.94. The number of ether oxygens (including phenoxy) is 1. The third-order valence-electron chi connectivity index (χ3n) is 4.88. The number of sulfonamides is 1. The van der Waals surface area contributed by atoms with Gasteiger partial charge in [0, 0.05) is 5.69 Å². The Balaban J connectivity index is 1.47. The van der Waals surface area contributed by atoms with Gasteiger partial charge >= 0.3 is 0 Å². The number of para-hydroxylation sites is 1. The number of nitrogens with zero attached hydrogens (tertiary/aromatic N) is 1. The third-order valence-corrected chi connectivity index (χ3v) is 7.06. The first kappa shape index (κ1) is 21.9. The van der Waals surface area contributed by atoms with Gasteiger partial charge in [-0.25, -0.2) is 12.7 Å². The summed E-state index contributed by atoms with van der Waals surface area (Å²) in [5, 5.41) is 2.77. The smallest absolute Gasteiger partial charge is 0.257 e. The van der Waals surface area contributed by atoms with E-state index in [1.54, 1.807) is 31.2 Å². The molecule has 1 unspecified atom stereocenters. The molecule has 9 heteroatoms. The summed E-state index contributed by atoms with van der Waals surface area (Å²) in [6, 6.07) is 20.2. The van der Waals surface area contributed by atoms with Gasteiger partial charge in [-0.05, 0) is 54.6 Å². The molecule has 0 saturated carbocycles. The molecule has 1 aliphatic heterocycles. The minimum Gasteiger partial charge on any atom is -0.457 e. The molecule has 1 atom stereocenters. The van der Waals surface area contributed by atoms with Crippen LogP contribution < -0.4 is 14.4 Å². The average Bonchev–Trinajstić information content (AvgIpc) is 2.96. The van der Waals surface area contributed by atoms with Gasteiger partial charge in [0.1, 0.15) is 11.5 Å². The van der Waals surface area contributed by atoms with E-state index in [4.69, 9.17) is 16.3 Å². The van der Waals surface area contributed by atoms with Gasteiger partial charge in [-0.15, -0.1) is 0 Å². The molecule has 164 valence electrons. The van der Waals surface area contributed by atoms with Crippen molar-refractivity contribution in [2.45, 2.75) is 6.92 Å². The maximum Gasteiger partial charge on any atom is 0.257 e. The minimum atomic E-state index is -3.75. The van der Waals surface area contributed by atoms with Gasteiger partial charge in [-0.3, -0.25) is 9.59 Å². The first-order valence-corrected chi connectivity index (χ1v) is 11.7. The summed E-state index contributed by atoms with van der Waals surface area (Å²) in [5.41, 5.74) is 0.794. The average molecular weight is 471 g/mol. The van der Waals surface area contributed by atoms with E-state index in [0.29, 0.717) is 17.2 Å². The number of hydrogen-bond donors (Lipinski definition) is 1. The number of rotatable bonds is 5. The summed E-state index contributed by atoms with van der Waals surface area (Å²) in [4.78, 5) is 24.9. The number of carbonyl (C=O) groups is 2. The number of benzene rings is 3. The van der Waals surface area contributed by atoms with Crippen LogP contribution in [0.4, 0.5) is 11.4 Å². The summed E-state index contributed by atoms with van der Waals surface area (Å²) in [7, 11) is -3.75. The number of anilines is 2. The van der Waals surface area contributed by atoms with Crippen LogP contribution >= 0.6 is 11.6 Å². The van der Waals surface area contributed by atoms with Crippen LogP contribution in [0.5, 0.6) is 11.5 Å². The molecule has 0 radical (unpaired) electrons. The fourth-order valence-corrected chi connectivity index (χ4v) is 5.40. The summed E-state index contributed by atoms with van der Waals surface area (Å²) >= 11 is 6.25. The molecule has 0 spiro atoms. The molecular weight excluding hydrogens is 452 g/mol. The van der Waals surface area contributed by atoms with Crippen molar-refractivity contribution in [2.75, 3.05) is 15.4 Å². The van der Waals surface area contributed by atoms with Crippen molar-refractivity contribution in [3.8, 4) is 11.5 Å². The molecule has 4 rings (SSSR count). The van der Waals surface area contributed by atoms with Crippen molar-refractivity contribution >= 4 is 44.8 Å². The van der Waals surface area contributed by atoms with Crippen LogP contribution in [-0.2, 0) is 14.8 Å². The van der Waals surface area contributed by atoms with Gasteiger partial charge in [0.25, 0.3) is 5.91 Å². The predicted octanol–water partition coefficient (Wildman–Crippen LogP) is 4.70. The Morgan fingerprint density at radius 1 is 1.03 bits per heavy atom. The molecule has 1 heterocycles. The molecule has 1 fully saturated rings. The molecule has 3 aromatic rings. The Hall–Kier alpha value is -3.36. The molecule has 2 amide bonds. The van der Waals surface area contributed by atoms with Gasteiger partial charge in [0.05, 0.1) is 27.9 Å². The van der Waals surface area contributed by atoms with E-state index in [9.17, 15) is 18.0 Å². The zero-order chi connectivity index (χ0) is 22.9. The largest absolute Gasteiger partial charge is 0.457 e. The number of nitrogens with one attached hydrogen (secondary N) is 1. The topological polar surface area (TPSA) is 92.8 Å². The fraction of sp³-hybridized carbons (Fsp3) is 0.130. The van der Waals surface area contributed by atoms with E-state index in [0.717, 1.165) is 4.31 Å². The highest BCUT2D eigenvalue weighted by atomic mass is 35.5. The molecule has 1 aliphatic rings. The molecule has 3 aromatic carbocycles. The van der Waals surface area contributed by atoms with E-state index >= 15 is 0 Å². The van der Waals surface area contributed by atoms with E-state index in [-0.39, 0.29) is 22.0 Å². The van der Waals surface area contributed by atoms with Gasteiger partial charge in [-0.2, -0.15) is 0 Å². The lowest BCUT2D eigenvalue weighted by Crippen LogP contribution is -2.30. The van der Waals surface area contributed by atoms with Crippen LogP contribution in [0, 0.1) is 5.92 Å². The van der Waals surface area contributed by atoms with Crippen molar-refractivity contribution in [1.82, 2.24) is 0 Å². The number of carbonyl (C=O) groups excluding carboxylic acids is 2. The molecule has 1 saturated heterocycles. The van der Waals surface area contributed by atoms with E-state index in [2.05, 4.69) is 5.32 Å². The van der Waals surface area contributed by atoms with Crippen molar-refractivity contribution in [2.24, 2.45) is 5.92 Å². The molecule has 1 N–H and O–H groups in total. The molecule has 32 heavy (non-hydrogen) atoms. The Kier molecular flexibility index (Phi) is 5.90. The number of hydrogen-bond acceptors (Lipinski definition) is 5. The lowest BCUT2D eigenvalue weighted by Gasteiger charge is -2.16. The zero-order valence-corrected chi connectivity index (χ0v) is 18.6. The zero-order valence-electron chi connectivity index (χ0n) is 17.0. The predicted molar refractivity (Wildman–Crippen MR) is 123 cm³/mol. The molecule has 0 bridgehead atoms. The van der Waals surface area contributed by atoms with Gasteiger partial charge in [0.2, 0.25) is 15.9 Å². The second-order valence-corrected chi connectivity index (χ2v) is 9.61. The summed E-state index contributed by atoms with van der Waals surface area (Å²) in [6.07, 6.45) is 0. The Morgan fingerprint density at radius 2 is 1.69 bits per heavy atom. The summed E-state index contributed by atoms with van der Waals surface area (Å²) in [6.45, 7) is 1.56. The second-order valence-electron chi connectivity index (χ2n) is 7.34. The van der Waals surface area contributed by atoms with Gasteiger partial charge in [-0.1, -0.05) is 36.7 Å². The molecule has 7 nitrogen and oxygen atoms in total. The van der Waals surface area contributed by atoms with Gasteiger partial charge in [0.15, 0.2) is 0 Å². The van der Waals surface area contributed by atoms with Crippen LogP contribution in [0.15, 0.2) is 72.8 Å². The van der Waals surface area contributed by atoms with Crippen molar-refractivity contribution in [3.05, 3.63) is 83.4 Å². The minimum absolute atomic E-state index is 0.0339. The SMILES string of the molecule is CC1CS(=O)(=O)N(c2ccc(C(=O)Nc3ccc(Oc4ccccc4)cc3)c(Cl)c2)C1=O. The van der Waals surface area contributed by atoms with Crippen LogP contribution in [0.1, 0.15) is 17.3 Å². The van der Waals surface area contributed by atoms with Crippen molar-refractivity contribution < 1.29 is 22.7 Å². The maximum atomic E-state index is 12.7. The fourth-order valence-electron chi connectivity index (χ4n) is 3.33. The number of halogens is 1. The normalized spacial score (nSPS) is 17.2. The monoisotopic (exact) mass is 470 g/mol. The van der Waals surface area contributed by atoms with Gasteiger partial charge < -0.3 is 10.1 Å². The van der Waals surface area contributed by atoms with E-state index < -0.39 is 27.8 Å². The third kappa shape index (κ3) is 4.46. The number of amides is 2. The lowest BCUT2D eigenvalue weighted by atomic mass is 10.1. The Morgan fingerprint density at radius 3 is 2.28 bits per heavy atom. The van der Waals surface area contributed by atoms with E-state index in [1.807, 2.05) is 30.3 Å². The summed E-state index contributed by atoms with van der Waals surface area (Å²) in [5.74, 6) is -0.560. The highest BCUT2D eigenvalue weighted by Crippen LogP contribution is 2.32. The first-order chi connectivity index (χ1) is 15.2. The van der Waals surface area contributed by atoms with Crippen molar-refractivity contribution in [1.29, 1.82) is 0 Å².